The molecule has 20 heavy (non-hydrogen) atoms. The van der Waals surface area contributed by atoms with Crippen molar-refractivity contribution in [2.45, 2.75) is 6.54 Å². The summed E-state index contributed by atoms with van der Waals surface area (Å²) in [6, 6.07) is 15.1. The van der Waals surface area contributed by atoms with Gasteiger partial charge in [0.1, 0.15) is 5.75 Å². The smallest absolute Gasteiger partial charge is 0.181 e. The number of nitrogens with one attached hydrogen (secondary N) is 1. The van der Waals surface area contributed by atoms with Crippen LogP contribution in [0.5, 0.6) is 5.75 Å². The molecule has 0 fully saturated rings. The number of phenols is 1. The molecule has 0 aliphatic carbocycles. The van der Waals surface area contributed by atoms with Gasteiger partial charge in [0.2, 0.25) is 0 Å². The SMILES string of the molecule is Oc1ccc(CNc2cccc(-c3cnco3)c2)cc1. The van der Waals surface area contributed by atoms with Crippen molar-refractivity contribution in [3.05, 3.63) is 66.7 Å². The quantitative estimate of drug-likeness (QED) is 0.756. The summed E-state index contributed by atoms with van der Waals surface area (Å²) in [5, 5.41) is 12.6. The molecule has 2 aromatic carbocycles. The summed E-state index contributed by atoms with van der Waals surface area (Å²) in [5.74, 6) is 1.03. The second-order valence-electron chi connectivity index (χ2n) is 4.47. The fourth-order valence-electron chi connectivity index (χ4n) is 1.96. The summed E-state index contributed by atoms with van der Waals surface area (Å²) in [5.41, 5.74) is 3.10. The standard InChI is InChI=1S/C16H14N2O2/c19-15-6-4-12(5-7-15)9-18-14-3-1-2-13(8-14)16-10-17-11-20-16/h1-8,10-11,18-19H,9H2. The van der Waals surface area contributed by atoms with E-state index in [-0.39, 0.29) is 5.75 Å². The van der Waals surface area contributed by atoms with Crippen molar-refractivity contribution in [2.75, 3.05) is 5.32 Å². The highest BCUT2D eigenvalue weighted by Crippen LogP contribution is 2.22. The average Bonchev–Trinajstić information content (AvgIpc) is 3.01. The molecule has 4 nitrogen and oxygen atoms in total. The van der Waals surface area contributed by atoms with Crippen LogP contribution in [-0.2, 0) is 6.54 Å². The molecule has 2 N–H and O–H groups in total. The van der Waals surface area contributed by atoms with Crippen LogP contribution in [0.4, 0.5) is 5.69 Å². The van der Waals surface area contributed by atoms with Gasteiger partial charge in [-0.15, -0.1) is 0 Å². The molecule has 3 rings (SSSR count). The topological polar surface area (TPSA) is 58.3 Å². The molecule has 1 heterocycles. The Hall–Kier alpha value is -2.75. The molecule has 0 radical (unpaired) electrons. The number of aromatic hydroxyl groups is 1. The van der Waals surface area contributed by atoms with E-state index in [1.54, 1.807) is 18.3 Å². The Bertz CT molecular complexity index is 676. The summed E-state index contributed by atoms with van der Waals surface area (Å²) in [6.07, 6.45) is 3.12. The lowest BCUT2D eigenvalue weighted by molar-refractivity contribution is 0.475. The summed E-state index contributed by atoms with van der Waals surface area (Å²) in [4.78, 5) is 3.92. The minimum Gasteiger partial charge on any atom is -0.508 e. The summed E-state index contributed by atoms with van der Waals surface area (Å²) >= 11 is 0. The molecule has 0 amide bonds. The van der Waals surface area contributed by atoms with Gasteiger partial charge in [-0.2, -0.15) is 0 Å². The third-order valence-electron chi connectivity index (χ3n) is 3.01. The molecule has 4 heteroatoms. The second-order valence-corrected chi connectivity index (χ2v) is 4.47. The summed E-state index contributed by atoms with van der Waals surface area (Å²) in [6.45, 7) is 0.695. The van der Waals surface area contributed by atoms with Crippen molar-refractivity contribution in [3.8, 4) is 17.1 Å². The van der Waals surface area contributed by atoms with E-state index in [9.17, 15) is 5.11 Å². The third-order valence-corrected chi connectivity index (χ3v) is 3.01. The summed E-state index contributed by atoms with van der Waals surface area (Å²) < 4.78 is 5.28. The minimum atomic E-state index is 0.279. The van der Waals surface area contributed by atoms with E-state index in [0.717, 1.165) is 22.6 Å². The van der Waals surface area contributed by atoms with Crippen molar-refractivity contribution >= 4 is 5.69 Å². The molecular weight excluding hydrogens is 252 g/mol. The monoisotopic (exact) mass is 266 g/mol. The Morgan fingerprint density at radius 1 is 1.10 bits per heavy atom. The largest absolute Gasteiger partial charge is 0.508 e. The molecule has 0 saturated heterocycles. The Labute approximate surface area is 116 Å². The van der Waals surface area contributed by atoms with E-state index >= 15 is 0 Å². The fourth-order valence-corrected chi connectivity index (χ4v) is 1.96. The van der Waals surface area contributed by atoms with E-state index in [4.69, 9.17) is 4.42 Å². The molecule has 3 aromatic rings. The highest BCUT2D eigenvalue weighted by Gasteiger charge is 2.02. The van der Waals surface area contributed by atoms with Crippen molar-refractivity contribution in [1.29, 1.82) is 0 Å². The Balaban J connectivity index is 1.72. The average molecular weight is 266 g/mol. The first-order valence-electron chi connectivity index (χ1n) is 6.32. The van der Waals surface area contributed by atoms with Crippen molar-refractivity contribution in [3.63, 3.8) is 0 Å². The fraction of sp³-hybridized carbons (Fsp3) is 0.0625. The highest BCUT2D eigenvalue weighted by atomic mass is 16.3. The molecule has 0 bridgehead atoms. The number of rotatable bonds is 4. The number of benzene rings is 2. The number of hydrogen-bond acceptors (Lipinski definition) is 4. The maximum atomic E-state index is 9.25. The zero-order valence-electron chi connectivity index (χ0n) is 10.8. The van der Waals surface area contributed by atoms with Crippen LogP contribution in [0.3, 0.4) is 0 Å². The molecule has 100 valence electrons. The first kappa shape index (κ1) is 12.3. The molecule has 0 unspecified atom stereocenters. The molecule has 0 atom stereocenters. The molecule has 0 aliphatic heterocycles. The first-order chi connectivity index (χ1) is 9.81. The molecule has 0 spiro atoms. The van der Waals surface area contributed by atoms with Crippen LogP contribution in [0.1, 0.15) is 5.56 Å². The van der Waals surface area contributed by atoms with Crippen LogP contribution >= 0.6 is 0 Å². The molecular formula is C16H14N2O2. The van der Waals surface area contributed by atoms with Gasteiger partial charge < -0.3 is 14.8 Å². The summed E-state index contributed by atoms with van der Waals surface area (Å²) in [7, 11) is 0. The van der Waals surface area contributed by atoms with Gasteiger partial charge in [0.05, 0.1) is 6.20 Å². The Kier molecular flexibility index (Phi) is 3.37. The van der Waals surface area contributed by atoms with Crippen LogP contribution in [0.15, 0.2) is 65.5 Å². The lowest BCUT2D eigenvalue weighted by Crippen LogP contribution is -1.98. The number of aromatic nitrogens is 1. The predicted octanol–water partition coefficient (Wildman–Crippen LogP) is 3.66. The number of nitrogens with zero attached hydrogens (tertiary/aromatic N) is 1. The van der Waals surface area contributed by atoms with Crippen LogP contribution < -0.4 is 5.32 Å². The zero-order valence-corrected chi connectivity index (χ0v) is 10.8. The lowest BCUT2D eigenvalue weighted by Gasteiger charge is -2.07. The third kappa shape index (κ3) is 2.80. The first-order valence-corrected chi connectivity index (χ1v) is 6.32. The Morgan fingerprint density at radius 3 is 2.70 bits per heavy atom. The van der Waals surface area contributed by atoms with Crippen LogP contribution in [0, 0.1) is 0 Å². The molecule has 0 aliphatic rings. The van der Waals surface area contributed by atoms with Crippen molar-refractivity contribution < 1.29 is 9.52 Å². The van der Waals surface area contributed by atoms with E-state index in [0.29, 0.717) is 6.54 Å². The van der Waals surface area contributed by atoms with Crippen LogP contribution in [-0.4, -0.2) is 10.1 Å². The van der Waals surface area contributed by atoms with Gasteiger partial charge in [-0.05, 0) is 29.8 Å². The van der Waals surface area contributed by atoms with Crippen LogP contribution in [0.25, 0.3) is 11.3 Å². The highest BCUT2D eigenvalue weighted by molar-refractivity contribution is 5.63. The van der Waals surface area contributed by atoms with Gasteiger partial charge >= 0.3 is 0 Å². The number of hydrogen-bond donors (Lipinski definition) is 2. The minimum absolute atomic E-state index is 0.279. The van der Waals surface area contributed by atoms with E-state index in [2.05, 4.69) is 10.3 Å². The van der Waals surface area contributed by atoms with Crippen molar-refractivity contribution in [1.82, 2.24) is 4.98 Å². The van der Waals surface area contributed by atoms with Gasteiger partial charge in [0, 0.05) is 17.8 Å². The lowest BCUT2D eigenvalue weighted by atomic mass is 10.1. The normalized spacial score (nSPS) is 10.4. The zero-order chi connectivity index (χ0) is 13.8. The number of anilines is 1. The van der Waals surface area contributed by atoms with Gasteiger partial charge in [0.25, 0.3) is 0 Å². The number of oxazole rings is 1. The maximum absolute atomic E-state index is 9.25. The molecule has 0 saturated carbocycles. The van der Waals surface area contributed by atoms with Crippen LogP contribution in [0.2, 0.25) is 0 Å². The Morgan fingerprint density at radius 2 is 1.95 bits per heavy atom. The maximum Gasteiger partial charge on any atom is 0.181 e. The second kappa shape index (κ2) is 5.48. The van der Waals surface area contributed by atoms with Gasteiger partial charge in [-0.25, -0.2) is 4.98 Å². The van der Waals surface area contributed by atoms with Gasteiger partial charge in [-0.1, -0.05) is 24.3 Å². The van der Waals surface area contributed by atoms with Crippen molar-refractivity contribution in [2.24, 2.45) is 0 Å². The predicted molar refractivity (Wildman–Crippen MR) is 77.4 cm³/mol. The van der Waals surface area contributed by atoms with Gasteiger partial charge in [0.15, 0.2) is 12.2 Å². The van der Waals surface area contributed by atoms with E-state index in [1.165, 1.54) is 6.39 Å². The van der Waals surface area contributed by atoms with E-state index in [1.807, 2.05) is 36.4 Å². The number of phenolic OH excluding ortho intramolecular Hbond substituents is 1. The van der Waals surface area contributed by atoms with Gasteiger partial charge in [-0.3, -0.25) is 0 Å². The molecule has 1 aromatic heterocycles. The van der Waals surface area contributed by atoms with E-state index < -0.39 is 0 Å².